The van der Waals surface area contributed by atoms with Gasteiger partial charge in [-0.3, -0.25) is 9.59 Å². The van der Waals surface area contributed by atoms with Crippen LogP contribution < -0.4 is 10.6 Å². The number of fused-ring (bicyclic) bond motifs is 1. The molecule has 0 saturated carbocycles. The van der Waals surface area contributed by atoms with E-state index < -0.39 is 0 Å². The number of para-hydroxylation sites is 1. The third-order valence-electron chi connectivity index (χ3n) is 3.13. The summed E-state index contributed by atoms with van der Waals surface area (Å²) in [6.07, 6.45) is 5.05. The van der Waals surface area contributed by atoms with Crippen molar-refractivity contribution in [3.8, 4) is 22.2 Å². The van der Waals surface area contributed by atoms with Crippen LogP contribution in [0.3, 0.4) is 0 Å². The first-order valence-corrected chi connectivity index (χ1v) is 8.75. The number of thiazole rings is 1. The molecule has 0 aliphatic carbocycles. The fourth-order valence-electron chi connectivity index (χ4n) is 2.01. The number of carbonyl (C=O) groups is 2. The Balaban J connectivity index is 1.67. The molecular formula is C17H13N3O2S2. The summed E-state index contributed by atoms with van der Waals surface area (Å²) < 4.78 is 1.11. The van der Waals surface area contributed by atoms with Crippen LogP contribution in [0.1, 0.15) is 9.67 Å². The molecule has 120 valence electrons. The summed E-state index contributed by atoms with van der Waals surface area (Å²) in [7, 11) is 0. The fraction of sp³-hybridized carbons (Fsp3) is 0.118. The van der Waals surface area contributed by atoms with Gasteiger partial charge in [-0.25, -0.2) is 4.98 Å². The van der Waals surface area contributed by atoms with Gasteiger partial charge in [-0.05, 0) is 24.3 Å². The highest BCUT2D eigenvalue weighted by Gasteiger charge is 2.13. The molecule has 0 aliphatic heterocycles. The molecule has 2 aromatic heterocycles. The van der Waals surface area contributed by atoms with Crippen molar-refractivity contribution < 1.29 is 9.59 Å². The molecule has 0 aliphatic rings. The van der Waals surface area contributed by atoms with Crippen LogP contribution in [0.25, 0.3) is 20.1 Å². The normalized spacial score (nSPS) is 10.3. The lowest BCUT2D eigenvalue weighted by atomic mass is 10.3. The van der Waals surface area contributed by atoms with Crippen molar-refractivity contribution >= 4 is 44.7 Å². The minimum atomic E-state index is -0.316. The van der Waals surface area contributed by atoms with Crippen molar-refractivity contribution in [3.05, 3.63) is 41.3 Å². The number of terminal acetylenes is 1. The van der Waals surface area contributed by atoms with Gasteiger partial charge in [0.1, 0.15) is 5.01 Å². The maximum Gasteiger partial charge on any atom is 0.261 e. The highest BCUT2D eigenvalue weighted by Crippen LogP contribution is 2.34. The van der Waals surface area contributed by atoms with Crippen molar-refractivity contribution in [3.63, 3.8) is 0 Å². The molecule has 2 N–H and O–H groups in total. The molecule has 1 aromatic carbocycles. The Morgan fingerprint density at radius 3 is 2.75 bits per heavy atom. The fourth-order valence-corrected chi connectivity index (χ4v) is 3.95. The first-order valence-electron chi connectivity index (χ1n) is 7.11. The van der Waals surface area contributed by atoms with Crippen molar-refractivity contribution in [2.24, 2.45) is 0 Å². The molecule has 24 heavy (non-hydrogen) atoms. The molecule has 7 heteroatoms. The average molecular weight is 355 g/mol. The van der Waals surface area contributed by atoms with E-state index in [0.29, 0.717) is 4.88 Å². The van der Waals surface area contributed by atoms with Crippen LogP contribution in [-0.2, 0) is 4.79 Å². The zero-order chi connectivity index (χ0) is 16.9. The molecule has 3 aromatic rings. The number of benzene rings is 1. The second-order valence-electron chi connectivity index (χ2n) is 4.81. The maximum atomic E-state index is 12.1. The molecule has 2 heterocycles. The summed E-state index contributed by atoms with van der Waals surface area (Å²) in [5, 5.41) is 5.94. The van der Waals surface area contributed by atoms with E-state index in [4.69, 9.17) is 6.42 Å². The Morgan fingerprint density at radius 2 is 1.96 bits per heavy atom. The van der Waals surface area contributed by atoms with Crippen LogP contribution in [-0.4, -0.2) is 29.9 Å². The molecule has 0 fully saturated rings. The minimum absolute atomic E-state index is 0.102. The second kappa shape index (κ2) is 7.25. The molecule has 0 unspecified atom stereocenters. The second-order valence-corrected chi connectivity index (χ2v) is 6.93. The van der Waals surface area contributed by atoms with Crippen molar-refractivity contribution in [2.75, 3.05) is 13.1 Å². The Labute approximate surface area is 146 Å². The van der Waals surface area contributed by atoms with E-state index in [-0.39, 0.29) is 24.9 Å². The van der Waals surface area contributed by atoms with Crippen LogP contribution >= 0.6 is 22.7 Å². The smallest absolute Gasteiger partial charge is 0.261 e. The summed E-state index contributed by atoms with van der Waals surface area (Å²) >= 11 is 2.94. The Bertz CT molecular complexity index is 904. The van der Waals surface area contributed by atoms with Gasteiger partial charge < -0.3 is 10.6 Å². The predicted octanol–water partition coefficient (Wildman–Crippen LogP) is 2.50. The van der Waals surface area contributed by atoms with Crippen LogP contribution in [0.2, 0.25) is 0 Å². The molecule has 0 spiro atoms. The van der Waals surface area contributed by atoms with Gasteiger partial charge in [0.05, 0.1) is 33.1 Å². The van der Waals surface area contributed by atoms with E-state index in [1.807, 2.05) is 30.3 Å². The molecule has 0 saturated heterocycles. The Hall–Kier alpha value is -2.69. The molecule has 5 nitrogen and oxygen atoms in total. The van der Waals surface area contributed by atoms with Crippen LogP contribution in [0.4, 0.5) is 0 Å². The van der Waals surface area contributed by atoms with Gasteiger partial charge in [0.15, 0.2) is 0 Å². The lowest BCUT2D eigenvalue weighted by molar-refractivity contribution is -0.119. The Kier molecular flexibility index (Phi) is 4.89. The third kappa shape index (κ3) is 3.62. The number of thiophene rings is 1. The summed E-state index contributed by atoms with van der Waals surface area (Å²) in [6.45, 7) is 0.0460. The standard InChI is InChI=1S/C17H13N3O2S2/c1-2-9-18-15(21)10-19-16(22)13-7-8-14(23-13)17-20-11-5-3-4-6-12(11)24-17/h1,3-8H,9-10H2,(H,18,21)(H,19,22). The SMILES string of the molecule is C#CCNC(=O)CNC(=O)c1ccc(-c2nc3ccccc3s2)s1. The number of nitrogens with zero attached hydrogens (tertiary/aromatic N) is 1. The summed E-state index contributed by atoms with van der Waals surface area (Å²) in [5.74, 6) is 1.70. The van der Waals surface area contributed by atoms with Gasteiger partial charge in [-0.1, -0.05) is 18.1 Å². The monoisotopic (exact) mass is 355 g/mol. The largest absolute Gasteiger partial charge is 0.344 e. The Morgan fingerprint density at radius 1 is 1.12 bits per heavy atom. The first kappa shape index (κ1) is 16.2. The zero-order valence-corrected chi connectivity index (χ0v) is 14.2. The third-order valence-corrected chi connectivity index (χ3v) is 5.42. The van der Waals surface area contributed by atoms with E-state index in [1.54, 1.807) is 17.4 Å². The van der Waals surface area contributed by atoms with Crippen LogP contribution in [0.5, 0.6) is 0 Å². The lowest BCUT2D eigenvalue weighted by Crippen LogP contribution is -2.36. The van der Waals surface area contributed by atoms with E-state index in [2.05, 4.69) is 21.5 Å². The van der Waals surface area contributed by atoms with Crippen LogP contribution in [0.15, 0.2) is 36.4 Å². The summed E-state index contributed by atoms with van der Waals surface area (Å²) in [4.78, 5) is 29.6. The van der Waals surface area contributed by atoms with Gasteiger partial charge in [0.25, 0.3) is 5.91 Å². The minimum Gasteiger partial charge on any atom is -0.344 e. The summed E-state index contributed by atoms with van der Waals surface area (Å²) in [5.41, 5.74) is 0.946. The highest BCUT2D eigenvalue weighted by molar-refractivity contribution is 7.26. The van der Waals surface area contributed by atoms with Crippen molar-refractivity contribution in [1.82, 2.24) is 15.6 Å². The number of aromatic nitrogens is 1. The average Bonchev–Trinajstić information content (AvgIpc) is 3.23. The van der Waals surface area contributed by atoms with Crippen LogP contribution in [0, 0.1) is 12.3 Å². The van der Waals surface area contributed by atoms with Gasteiger partial charge in [-0.15, -0.1) is 29.1 Å². The van der Waals surface area contributed by atoms with E-state index in [9.17, 15) is 9.59 Å². The molecular weight excluding hydrogens is 342 g/mol. The number of hydrogen-bond donors (Lipinski definition) is 2. The number of carbonyl (C=O) groups excluding carboxylic acids is 2. The van der Waals surface area contributed by atoms with Crippen molar-refractivity contribution in [1.29, 1.82) is 0 Å². The van der Waals surface area contributed by atoms with Crippen molar-refractivity contribution in [2.45, 2.75) is 0 Å². The number of rotatable bonds is 5. The zero-order valence-electron chi connectivity index (χ0n) is 12.5. The van der Waals surface area contributed by atoms with Gasteiger partial charge in [0, 0.05) is 0 Å². The number of hydrogen-bond acceptors (Lipinski definition) is 5. The molecule has 0 bridgehead atoms. The molecule has 2 amide bonds. The summed E-state index contributed by atoms with van der Waals surface area (Å²) in [6, 6.07) is 11.5. The van der Waals surface area contributed by atoms with Gasteiger partial charge in [-0.2, -0.15) is 0 Å². The topological polar surface area (TPSA) is 71.1 Å². The van der Waals surface area contributed by atoms with Gasteiger partial charge in [0.2, 0.25) is 5.91 Å². The highest BCUT2D eigenvalue weighted by atomic mass is 32.1. The first-order chi connectivity index (χ1) is 11.7. The molecule has 3 rings (SSSR count). The quantitative estimate of drug-likeness (QED) is 0.691. The maximum absolute atomic E-state index is 12.1. The number of amides is 2. The van der Waals surface area contributed by atoms with E-state index >= 15 is 0 Å². The number of nitrogens with one attached hydrogen (secondary N) is 2. The molecule has 0 radical (unpaired) electrons. The van der Waals surface area contributed by atoms with E-state index in [1.165, 1.54) is 11.3 Å². The van der Waals surface area contributed by atoms with Gasteiger partial charge >= 0.3 is 0 Å². The lowest BCUT2D eigenvalue weighted by Gasteiger charge is -2.03. The molecule has 0 atom stereocenters. The van der Waals surface area contributed by atoms with E-state index in [0.717, 1.165) is 20.1 Å². The predicted molar refractivity (Wildman–Crippen MR) is 97.1 cm³/mol.